The summed E-state index contributed by atoms with van der Waals surface area (Å²) in [6.07, 6.45) is -0.0502. The highest BCUT2D eigenvalue weighted by molar-refractivity contribution is 5.89. The molecule has 0 aromatic rings. The van der Waals surface area contributed by atoms with Crippen molar-refractivity contribution in [2.24, 2.45) is 0 Å². The van der Waals surface area contributed by atoms with Gasteiger partial charge in [-0.25, -0.2) is 0 Å². The van der Waals surface area contributed by atoms with E-state index in [2.05, 4.69) is 11.1 Å². The van der Waals surface area contributed by atoms with Crippen molar-refractivity contribution in [3.05, 3.63) is 23.4 Å². The Labute approximate surface area is 68.3 Å². The van der Waals surface area contributed by atoms with Crippen LogP contribution in [0, 0.1) is 12.2 Å². The van der Waals surface area contributed by atoms with Crippen LogP contribution in [0.1, 0.15) is 13.8 Å². The Balaban J connectivity index is 3.10. The number of halogens is 3. The molecule has 0 saturated carbocycles. The van der Waals surface area contributed by atoms with Crippen LogP contribution in [0.4, 0.5) is 13.2 Å². The van der Waals surface area contributed by atoms with Crippen LogP contribution >= 0.6 is 0 Å². The number of allylic oxidation sites excluding steroid dienone is 4. The molecule has 4 heteroatoms. The summed E-state index contributed by atoms with van der Waals surface area (Å²) in [7, 11) is 0. The summed E-state index contributed by atoms with van der Waals surface area (Å²) in [4.78, 5) is 3.63. The maximum absolute atomic E-state index is 12.1. The lowest BCUT2D eigenvalue weighted by atomic mass is 10.1. The van der Waals surface area contributed by atoms with Gasteiger partial charge in [0.2, 0.25) is 0 Å². The molecule has 0 amide bonds. The summed E-state index contributed by atoms with van der Waals surface area (Å²) in [5, 5.41) is 0. The number of alkyl halides is 3. The molecule has 0 aromatic heterocycles. The second kappa shape index (κ2) is 2.77. The quantitative estimate of drug-likeness (QED) is 0.530. The van der Waals surface area contributed by atoms with Crippen LogP contribution in [-0.4, -0.2) is 11.9 Å². The van der Waals surface area contributed by atoms with Gasteiger partial charge >= 0.3 is 6.18 Å². The van der Waals surface area contributed by atoms with Crippen molar-refractivity contribution in [1.82, 2.24) is 4.99 Å². The first-order chi connectivity index (χ1) is 5.41. The van der Waals surface area contributed by atoms with Crippen molar-refractivity contribution in [1.29, 1.82) is 0 Å². The molecular formula is C8H6F3N+. The van der Waals surface area contributed by atoms with Gasteiger partial charge in [-0.1, -0.05) is 0 Å². The van der Waals surface area contributed by atoms with E-state index in [1.807, 2.05) is 6.08 Å². The number of hydrogen-bond donors (Lipinski definition) is 0. The van der Waals surface area contributed by atoms with Crippen LogP contribution in [0.2, 0.25) is 0 Å². The molecule has 1 aliphatic rings. The van der Waals surface area contributed by atoms with Crippen molar-refractivity contribution in [2.75, 3.05) is 0 Å². The van der Waals surface area contributed by atoms with Crippen molar-refractivity contribution in [3.63, 3.8) is 0 Å². The van der Waals surface area contributed by atoms with E-state index in [1.54, 1.807) is 6.92 Å². The molecule has 1 nitrogen and oxygen atoms in total. The van der Waals surface area contributed by atoms with Gasteiger partial charge in [-0.15, -0.1) is 0 Å². The van der Waals surface area contributed by atoms with E-state index in [0.29, 0.717) is 5.71 Å². The lowest BCUT2D eigenvalue weighted by Gasteiger charge is -2.05. The van der Waals surface area contributed by atoms with Gasteiger partial charge in [0.25, 0.3) is 11.4 Å². The summed E-state index contributed by atoms with van der Waals surface area (Å²) in [5.41, 5.74) is -0.479. The molecule has 0 fully saturated rings. The molecule has 0 spiro atoms. The zero-order chi connectivity index (χ0) is 9.35. The van der Waals surface area contributed by atoms with Crippen LogP contribution < -0.4 is 4.99 Å². The minimum Gasteiger partial charge on any atom is -0.166 e. The van der Waals surface area contributed by atoms with E-state index in [0.717, 1.165) is 0 Å². The molecule has 0 aliphatic carbocycles. The molecule has 1 aliphatic heterocycles. The fourth-order valence-electron chi connectivity index (χ4n) is 0.855. The third-order valence-electron chi connectivity index (χ3n) is 1.35. The Bertz CT molecular complexity index is 281. The highest BCUT2D eigenvalue weighted by atomic mass is 19.4. The minimum absolute atomic E-state index is 0.0567. The van der Waals surface area contributed by atoms with E-state index in [9.17, 15) is 13.2 Å². The van der Waals surface area contributed by atoms with E-state index >= 15 is 0 Å². The first kappa shape index (κ1) is 9.03. The molecule has 1 heterocycles. The van der Waals surface area contributed by atoms with E-state index in [1.165, 1.54) is 6.92 Å². The zero-order valence-electron chi connectivity index (χ0n) is 6.58. The molecule has 0 unspecified atom stereocenters. The van der Waals surface area contributed by atoms with Crippen molar-refractivity contribution >= 4 is 5.71 Å². The van der Waals surface area contributed by atoms with E-state index in [-0.39, 0.29) is 5.70 Å². The van der Waals surface area contributed by atoms with Crippen LogP contribution in [0.5, 0.6) is 0 Å². The third kappa shape index (κ3) is 1.75. The van der Waals surface area contributed by atoms with Gasteiger partial charge in [0.1, 0.15) is 5.57 Å². The first-order valence-corrected chi connectivity index (χ1v) is 3.26. The molecule has 0 atom stereocenters. The molecule has 0 bridgehead atoms. The highest BCUT2D eigenvalue weighted by Crippen LogP contribution is 2.28. The lowest BCUT2D eigenvalue weighted by Crippen LogP contribution is -2.18. The molecule has 63 valence electrons. The van der Waals surface area contributed by atoms with Crippen LogP contribution in [0.25, 0.3) is 0 Å². The molecule has 1 rings (SSSR count). The molecule has 0 aromatic carbocycles. The Hall–Kier alpha value is -1.06. The molecule has 0 saturated heterocycles. The SMILES string of the molecule is CC1=[N+]C(C)=C(C(F)(F)F)[C]=[C]1. The topological polar surface area (TPSA) is 14.1 Å². The Morgan fingerprint density at radius 1 is 1.17 bits per heavy atom. The Morgan fingerprint density at radius 3 is 2.17 bits per heavy atom. The summed E-state index contributed by atoms with van der Waals surface area (Å²) in [6.45, 7) is 2.88. The zero-order valence-corrected chi connectivity index (χ0v) is 6.58. The maximum atomic E-state index is 12.1. The van der Waals surface area contributed by atoms with Crippen LogP contribution in [-0.2, 0) is 0 Å². The lowest BCUT2D eigenvalue weighted by molar-refractivity contribution is -0.0900. The second-order valence-electron chi connectivity index (χ2n) is 2.41. The largest absolute Gasteiger partial charge is 0.423 e. The van der Waals surface area contributed by atoms with Gasteiger partial charge in [-0.05, 0) is 0 Å². The highest BCUT2D eigenvalue weighted by Gasteiger charge is 2.39. The van der Waals surface area contributed by atoms with Gasteiger partial charge in [0.05, 0.1) is 11.1 Å². The van der Waals surface area contributed by atoms with Gasteiger partial charge in [-0.3, -0.25) is 0 Å². The third-order valence-corrected chi connectivity index (χ3v) is 1.35. The normalized spacial score (nSPS) is 18.2. The Kier molecular flexibility index (Phi) is 2.08. The average Bonchev–Trinajstić information content (AvgIpc) is 1.83. The van der Waals surface area contributed by atoms with E-state index < -0.39 is 11.7 Å². The van der Waals surface area contributed by atoms with Gasteiger partial charge in [-0.2, -0.15) is 13.2 Å². The first-order valence-electron chi connectivity index (χ1n) is 3.26. The van der Waals surface area contributed by atoms with Gasteiger partial charge < -0.3 is 0 Å². The number of hydrogen-bond acceptors (Lipinski definition) is 1. The summed E-state index contributed by atoms with van der Waals surface area (Å²) in [5.74, 6) is 0. The molecule has 12 heavy (non-hydrogen) atoms. The van der Waals surface area contributed by atoms with Crippen LogP contribution in [0.3, 0.4) is 0 Å². The van der Waals surface area contributed by atoms with Crippen molar-refractivity contribution in [3.8, 4) is 0 Å². The predicted octanol–water partition coefficient (Wildman–Crippen LogP) is 1.80. The van der Waals surface area contributed by atoms with Gasteiger partial charge in [0, 0.05) is 19.9 Å². The number of aliphatic imine (C=N–C) groups is 1. The number of nitrogens with zero attached hydrogens (tertiary/aromatic N) is 1. The standard InChI is InChI=1S/C8H6F3N/c1-5-3-4-7(6(2)12-5)8(9,10)11/h1-2H3/q+1. The van der Waals surface area contributed by atoms with Crippen LogP contribution in [0.15, 0.2) is 11.3 Å². The fraction of sp³-hybridized carbons (Fsp3) is 0.375. The fourth-order valence-corrected chi connectivity index (χ4v) is 0.855. The summed E-state index contributed by atoms with van der Waals surface area (Å²) < 4.78 is 36.3. The van der Waals surface area contributed by atoms with Crippen molar-refractivity contribution in [2.45, 2.75) is 20.0 Å². The number of rotatable bonds is 0. The van der Waals surface area contributed by atoms with E-state index in [4.69, 9.17) is 0 Å². The molecule has 3 radical (unpaired) electrons. The Morgan fingerprint density at radius 2 is 1.75 bits per heavy atom. The monoisotopic (exact) mass is 173 g/mol. The molecular weight excluding hydrogens is 167 g/mol. The average molecular weight is 173 g/mol. The minimum atomic E-state index is -4.37. The van der Waals surface area contributed by atoms with Gasteiger partial charge in [0.15, 0.2) is 0 Å². The summed E-state index contributed by atoms with van der Waals surface area (Å²) in [6, 6.07) is 0. The second-order valence-corrected chi connectivity index (χ2v) is 2.41. The maximum Gasteiger partial charge on any atom is 0.423 e. The smallest absolute Gasteiger partial charge is 0.166 e. The molecule has 0 N–H and O–H groups in total. The summed E-state index contributed by atoms with van der Waals surface area (Å²) >= 11 is 0. The predicted molar refractivity (Wildman–Crippen MR) is 38.1 cm³/mol. The van der Waals surface area contributed by atoms with Crippen molar-refractivity contribution < 1.29 is 13.2 Å².